The van der Waals surface area contributed by atoms with Gasteiger partial charge in [-0.3, -0.25) is 14.5 Å². The average molecular weight is 474 g/mol. The molecule has 2 amide bonds. The summed E-state index contributed by atoms with van der Waals surface area (Å²) < 4.78 is 0. The Hall–Kier alpha value is -1.43. The predicted molar refractivity (Wildman–Crippen MR) is 136 cm³/mol. The predicted octanol–water partition coefficient (Wildman–Crippen LogP) is 4.76. The largest absolute Gasteiger partial charge is 0.349 e. The van der Waals surface area contributed by atoms with Crippen LogP contribution >= 0.6 is 12.2 Å². The number of carbonyl (C=O) groups excluding carboxylic acids is 2. The summed E-state index contributed by atoms with van der Waals surface area (Å²) in [5, 5.41) is 3.90. The number of nitrogens with one attached hydrogen (secondary N) is 1. The molecule has 1 N–H and O–H groups in total. The molecule has 6 heteroatoms. The minimum atomic E-state index is 0.0300. The zero-order chi connectivity index (χ0) is 24.3. The van der Waals surface area contributed by atoms with Gasteiger partial charge in [0.2, 0.25) is 11.8 Å². The summed E-state index contributed by atoms with van der Waals surface area (Å²) >= 11 is 5.81. The van der Waals surface area contributed by atoms with E-state index in [1.54, 1.807) is 6.08 Å². The first-order valence-corrected chi connectivity index (χ1v) is 13.4. The molecular formula is C27H43N3O2S. The number of amides is 2. The van der Waals surface area contributed by atoms with Crippen molar-refractivity contribution in [2.24, 2.45) is 34.5 Å². The molecule has 0 unspecified atom stereocenters. The van der Waals surface area contributed by atoms with E-state index in [-0.39, 0.29) is 46.7 Å². The summed E-state index contributed by atoms with van der Waals surface area (Å²) in [4.78, 5) is 30.0. The van der Waals surface area contributed by atoms with Gasteiger partial charge in [-0.1, -0.05) is 19.9 Å². The highest BCUT2D eigenvalue weighted by atomic mass is 32.1. The maximum absolute atomic E-state index is 14.1. The molecule has 0 bridgehead atoms. The van der Waals surface area contributed by atoms with Crippen molar-refractivity contribution < 1.29 is 9.59 Å². The van der Waals surface area contributed by atoms with Crippen LogP contribution in [0.25, 0.3) is 0 Å². The van der Waals surface area contributed by atoms with Crippen molar-refractivity contribution in [2.75, 3.05) is 7.05 Å². The Labute approximate surface area is 205 Å². The van der Waals surface area contributed by atoms with Gasteiger partial charge in [-0.25, -0.2) is 0 Å². The van der Waals surface area contributed by atoms with Gasteiger partial charge in [-0.2, -0.15) is 0 Å². The molecule has 33 heavy (non-hydrogen) atoms. The standard InChI is InChI=1S/C27H43N3O2S/c1-16(2)29(7)25(33)30(17(3)4)24(32)21-10-9-19-18-8-11-22-27(6,15-13-23(31)28-22)20(18)12-14-26(19,21)5/h13,15-22H,8-12,14H2,1-7H3,(H,28,31)/t18-,19-,20-,21+,22+,26-,27+/m0/s1. The van der Waals surface area contributed by atoms with Crippen LogP contribution in [0.2, 0.25) is 0 Å². The molecular weight excluding hydrogens is 430 g/mol. The van der Waals surface area contributed by atoms with Crippen molar-refractivity contribution in [3.8, 4) is 0 Å². The highest BCUT2D eigenvalue weighted by molar-refractivity contribution is 7.80. The zero-order valence-corrected chi connectivity index (χ0v) is 22.4. The Morgan fingerprint density at radius 1 is 1.06 bits per heavy atom. The molecule has 1 heterocycles. The lowest BCUT2D eigenvalue weighted by Crippen LogP contribution is -2.60. The smallest absolute Gasteiger partial charge is 0.243 e. The number of thiocarbonyl (C=S) groups is 1. The second-order valence-corrected chi connectivity index (χ2v) is 12.5. The lowest BCUT2D eigenvalue weighted by atomic mass is 9.48. The van der Waals surface area contributed by atoms with Gasteiger partial charge in [0, 0.05) is 36.5 Å². The van der Waals surface area contributed by atoms with Gasteiger partial charge in [0.1, 0.15) is 0 Å². The van der Waals surface area contributed by atoms with E-state index < -0.39 is 0 Å². The average Bonchev–Trinajstić information content (AvgIpc) is 3.10. The Morgan fingerprint density at radius 2 is 1.76 bits per heavy atom. The first kappa shape index (κ1) is 24.7. The Balaban J connectivity index is 1.58. The first-order chi connectivity index (χ1) is 15.4. The quantitative estimate of drug-likeness (QED) is 0.601. The van der Waals surface area contributed by atoms with Crippen LogP contribution in [0, 0.1) is 34.5 Å². The van der Waals surface area contributed by atoms with Crippen LogP contribution in [0.1, 0.15) is 80.1 Å². The highest BCUT2D eigenvalue weighted by Crippen LogP contribution is 2.65. The van der Waals surface area contributed by atoms with Gasteiger partial charge >= 0.3 is 0 Å². The third kappa shape index (κ3) is 3.84. The maximum Gasteiger partial charge on any atom is 0.243 e. The maximum atomic E-state index is 14.1. The molecule has 0 saturated heterocycles. The SMILES string of the molecule is CC(C)N(C)C(=S)N(C(=O)[C@H]1CC[C@H]2[C@@H]3CC[C@H]4NC(=O)C=C[C@]4(C)[C@H]3CC[C@]12C)C(C)C. The number of nitrogens with zero attached hydrogens (tertiary/aromatic N) is 2. The Kier molecular flexibility index (Phi) is 6.48. The number of hydrogen-bond acceptors (Lipinski definition) is 3. The van der Waals surface area contributed by atoms with Crippen molar-refractivity contribution in [3.63, 3.8) is 0 Å². The second kappa shape index (κ2) is 8.66. The van der Waals surface area contributed by atoms with Crippen LogP contribution in [0.15, 0.2) is 12.2 Å². The van der Waals surface area contributed by atoms with Crippen molar-refractivity contribution in [2.45, 2.75) is 98.2 Å². The summed E-state index contributed by atoms with van der Waals surface area (Å²) in [6.07, 6.45) is 10.5. The van der Waals surface area contributed by atoms with E-state index in [2.05, 4.69) is 52.9 Å². The van der Waals surface area contributed by atoms with Crippen LogP contribution in [-0.2, 0) is 9.59 Å². The summed E-state index contributed by atoms with van der Waals surface area (Å²) in [5.74, 6) is 2.10. The highest BCUT2D eigenvalue weighted by Gasteiger charge is 2.61. The Morgan fingerprint density at radius 3 is 2.39 bits per heavy atom. The van der Waals surface area contributed by atoms with E-state index >= 15 is 0 Å². The van der Waals surface area contributed by atoms with Crippen LogP contribution in [0.5, 0.6) is 0 Å². The van der Waals surface area contributed by atoms with Crippen LogP contribution < -0.4 is 5.32 Å². The van der Waals surface area contributed by atoms with Gasteiger partial charge in [0.25, 0.3) is 0 Å². The van der Waals surface area contributed by atoms with Crippen LogP contribution in [-0.4, -0.2) is 51.9 Å². The lowest BCUT2D eigenvalue weighted by molar-refractivity contribution is -0.141. The van der Waals surface area contributed by atoms with E-state index in [0.29, 0.717) is 22.9 Å². The fourth-order valence-electron chi connectivity index (χ4n) is 7.87. The molecule has 4 aliphatic rings. The molecule has 1 aliphatic heterocycles. The van der Waals surface area contributed by atoms with E-state index in [1.807, 2.05) is 16.8 Å². The van der Waals surface area contributed by atoms with Crippen LogP contribution in [0.4, 0.5) is 0 Å². The molecule has 7 atom stereocenters. The molecule has 4 rings (SSSR count). The van der Waals surface area contributed by atoms with Crippen molar-refractivity contribution >= 4 is 29.1 Å². The topological polar surface area (TPSA) is 52.6 Å². The number of rotatable bonds is 3. The Bertz CT molecular complexity index is 854. The molecule has 0 spiro atoms. The summed E-state index contributed by atoms with van der Waals surface area (Å²) in [6, 6.07) is 0.559. The third-order valence-corrected chi connectivity index (χ3v) is 10.5. The van der Waals surface area contributed by atoms with Crippen molar-refractivity contribution in [1.82, 2.24) is 15.1 Å². The molecule has 0 aromatic rings. The van der Waals surface area contributed by atoms with Gasteiger partial charge in [-0.15, -0.1) is 0 Å². The molecule has 5 nitrogen and oxygen atoms in total. The normalized spacial score (nSPS) is 39.5. The number of hydrogen-bond donors (Lipinski definition) is 1. The fraction of sp³-hybridized carbons (Fsp3) is 0.815. The minimum Gasteiger partial charge on any atom is -0.349 e. The summed E-state index contributed by atoms with van der Waals surface area (Å²) in [5.41, 5.74) is 0.0635. The second-order valence-electron chi connectivity index (χ2n) is 12.2. The molecule has 3 fully saturated rings. The van der Waals surface area contributed by atoms with E-state index in [1.165, 1.54) is 0 Å². The monoisotopic (exact) mass is 473 g/mol. The van der Waals surface area contributed by atoms with Gasteiger partial charge in [-0.05, 0) is 108 Å². The summed E-state index contributed by atoms with van der Waals surface area (Å²) in [7, 11) is 2.00. The van der Waals surface area contributed by atoms with Crippen molar-refractivity contribution in [1.29, 1.82) is 0 Å². The van der Waals surface area contributed by atoms with E-state index in [4.69, 9.17) is 12.2 Å². The first-order valence-electron chi connectivity index (χ1n) is 13.0. The molecule has 0 aromatic heterocycles. The molecule has 3 aliphatic carbocycles. The third-order valence-electron chi connectivity index (χ3n) is 10.0. The molecule has 0 radical (unpaired) electrons. The number of carbonyl (C=O) groups is 2. The zero-order valence-electron chi connectivity index (χ0n) is 21.6. The van der Waals surface area contributed by atoms with Gasteiger partial charge < -0.3 is 10.2 Å². The number of fused-ring (bicyclic) bond motifs is 5. The van der Waals surface area contributed by atoms with Gasteiger partial charge in [0.15, 0.2) is 5.11 Å². The van der Waals surface area contributed by atoms with E-state index in [9.17, 15) is 9.59 Å². The molecule has 3 saturated carbocycles. The lowest BCUT2D eigenvalue weighted by Gasteiger charge is -2.58. The van der Waals surface area contributed by atoms with Crippen molar-refractivity contribution in [3.05, 3.63) is 12.2 Å². The summed E-state index contributed by atoms with van der Waals surface area (Å²) in [6.45, 7) is 13.1. The molecule has 184 valence electrons. The minimum absolute atomic E-state index is 0.0300. The van der Waals surface area contributed by atoms with Gasteiger partial charge in [0.05, 0.1) is 0 Å². The fourth-order valence-corrected chi connectivity index (χ4v) is 8.38. The van der Waals surface area contributed by atoms with E-state index in [0.717, 1.165) is 38.5 Å². The molecule has 0 aromatic carbocycles. The van der Waals surface area contributed by atoms with Crippen LogP contribution in [0.3, 0.4) is 0 Å².